The second-order valence-corrected chi connectivity index (χ2v) is 5.13. The molecule has 0 radical (unpaired) electrons. The number of amides is 1. The molecule has 4 rings (SSSR count). The van der Waals surface area contributed by atoms with Crippen LogP contribution < -0.4 is 10.2 Å². The standard InChI is InChI=1S/C15H15N5O/c21-13-5-8-19(9-6-16-13)15-14-17-7-10-20(14)12-4-2-1-3-11(12)18-15/h1-4,7,10H,5-6,8-9H2,(H,16,21). The van der Waals surface area contributed by atoms with E-state index >= 15 is 0 Å². The Balaban J connectivity index is 1.90. The minimum atomic E-state index is 0.0950. The highest BCUT2D eigenvalue weighted by Crippen LogP contribution is 2.23. The van der Waals surface area contributed by atoms with Crippen LogP contribution in [0, 0.1) is 0 Å². The summed E-state index contributed by atoms with van der Waals surface area (Å²) in [6.07, 6.45) is 4.22. The van der Waals surface area contributed by atoms with Gasteiger partial charge in [-0.2, -0.15) is 0 Å². The van der Waals surface area contributed by atoms with E-state index in [9.17, 15) is 4.79 Å². The lowest BCUT2D eigenvalue weighted by atomic mass is 10.3. The molecule has 0 saturated carbocycles. The Morgan fingerprint density at radius 1 is 1.19 bits per heavy atom. The summed E-state index contributed by atoms with van der Waals surface area (Å²) < 4.78 is 2.05. The van der Waals surface area contributed by atoms with Gasteiger partial charge in [-0.1, -0.05) is 12.1 Å². The first kappa shape index (κ1) is 12.1. The summed E-state index contributed by atoms with van der Waals surface area (Å²) in [5, 5.41) is 2.89. The number of hydrogen-bond donors (Lipinski definition) is 1. The van der Waals surface area contributed by atoms with E-state index in [0.717, 1.165) is 29.0 Å². The molecule has 2 aromatic heterocycles. The molecule has 3 aromatic rings. The van der Waals surface area contributed by atoms with E-state index in [1.807, 2.05) is 30.5 Å². The maximum absolute atomic E-state index is 11.5. The van der Waals surface area contributed by atoms with Crippen molar-refractivity contribution in [3.8, 4) is 0 Å². The fourth-order valence-corrected chi connectivity index (χ4v) is 2.78. The van der Waals surface area contributed by atoms with Gasteiger partial charge in [-0.15, -0.1) is 0 Å². The van der Waals surface area contributed by atoms with Gasteiger partial charge in [0.15, 0.2) is 11.5 Å². The van der Waals surface area contributed by atoms with Gasteiger partial charge in [0.2, 0.25) is 5.91 Å². The summed E-state index contributed by atoms with van der Waals surface area (Å²) in [5.41, 5.74) is 2.81. The number of carbonyl (C=O) groups is 1. The number of para-hydroxylation sites is 2. The fraction of sp³-hybridized carbons (Fsp3) is 0.267. The van der Waals surface area contributed by atoms with Gasteiger partial charge in [-0.05, 0) is 12.1 Å². The summed E-state index contributed by atoms with van der Waals surface area (Å²) >= 11 is 0. The highest BCUT2D eigenvalue weighted by atomic mass is 16.1. The van der Waals surface area contributed by atoms with Crippen LogP contribution in [0.25, 0.3) is 16.7 Å². The van der Waals surface area contributed by atoms with Crippen LogP contribution in [0.1, 0.15) is 6.42 Å². The fourth-order valence-electron chi connectivity index (χ4n) is 2.78. The highest BCUT2D eigenvalue weighted by Gasteiger charge is 2.19. The Labute approximate surface area is 121 Å². The summed E-state index contributed by atoms with van der Waals surface area (Å²) in [4.78, 5) is 22.9. The predicted octanol–water partition coefficient (Wildman–Crippen LogP) is 1.21. The Kier molecular flexibility index (Phi) is 2.73. The minimum Gasteiger partial charge on any atom is -0.354 e. The zero-order chi connectivity index (χ0) is 14.2. The smallest absolute Gasteiger partial charge is 0.221 e. The Morgan fingerprint density at radius 2 is 2.10 bits per heavy atom. The normalized spacial score (nSPS) is 16.2. The molecule has 0 spiro atoms. The summed E-state index contributed by atoms with van der Waals surface area (Å²) in [7, 11) is 0. The van der Waals surface area contributed by atoms with Crippen LogP contribution in [0.4, 0.5) is 5.82 Å². The molecule has 1 aliphatic rings. The molecule has 1 saturated heterocycles. The molecule has 1 amide bonds. The van der Waals surface area contributed by atoms with Crippen molar-refractivity contribution in [1.29, 1.82) is 0 Å². The predicted molar refractivity (Wildman–Crippen MR) is 80.3 cm³/mol. The average molecular weight is 281 g/mol. The van der Waals surface area contributed by atoms with Gasteiger partial charge in [0.1, 0.15) is 0 Å². The summed E-state index contributed by atoms with van der Waals surface area (Å²) in [6.45, 7) is 2.06. The van der Waals surface area contributed by atoms with E-state index in [-0.39, 0.29) is 5.91 Å². The first-order valence-electron chi connectivity index (χ1n) is 7.06. The lowest BCUT2D eigenvalue weighted by Gasteiger charge is -2.21. The van der Waals surface area contributed by atoms with Crippen LogP contribution >= 0.6 is 0 Å². The summed E-state index contributed by atoms with van der Waals surface area (Å²) in [6, 6.07) is 8.01. The van der Waals surface area contributed by atoms with Crippen molar-refractivity contribution < 1.29 is 4.79 Å². The van der Waals surface area contributed by atoms with Gasteiger partial charge in [-0.25, -0.2) is 9.97 Å². The molecule has 0 aliphatic carbocycles. The number of hydrogen-bond acceptors (Lipinski definition) is 4. The number of imidazole rings is 1. The number of nitrogens with one attached hydrogen (secondary N) is 1. The van der Waals surface area contributed by atoms with Crippen molar-refractivity contribution in [3.05, 3.63) is 36.7 Å². The second-order valence-electron chi connectivity index (χ2n) is 5.13. The van der Waals surface area contributed by atoms with Crippen LogP contribution in [-0.2, 0) is 4.79 Å². The molecule has 106 valence electrons. The van der Waals surface area contributed by atoms with Crippen LogP contribution in [0.5, 0.6) is 0 Å². The van der Waals surface area contributed by atoms with Crippen LogP contribution in [-0.4, -0.2) is 39.9 Å². The van der Waals surface area contributed by atoms with E-state index < -0.39 is 0 Å². The van der Waals surface area contributed by atoms with E-state index in [4.69, 9.17) is 4.98 Å². The molecule has 1 aromatic carbocycles. The maximum atomic E-state index is 11.5. The third-order valence-electron chi connectivity index (χ3n) is 3.82. The third kappa shape index (κ3) is 1.99. The highest BCUT2D eigenvalue weighted by molar-refractivity contribution is 5.84. The van der Waals surface area contributed by atoms with Gasteiger partial charge in [0.05, 0.1) is 11.0 Å². The average Bonchev–Trinajstić information content (AvgIpc) is 2.90. The van der Waals surface area contributed by atoms with Gasteiger partial charge < -0.3 is 10.2 Å². The van der Waals surface area contributed by atoms with Crippen LogP contribution in [0.15, 0.2) is 36.7 Å². The second kappa shape index (κ2) is 4.73. The van der Waals surface area contributed by atoms with Crippen molar-refractivity contribution >= 4 is 28.4 Å². The largest absolute Gasteiger partial charge is 0.354 e. The molecule has 0 unspecified atom stereocenters. The van der Waals surface area contributed by atoms with Crippen molar-refractivity contribution in [2.45, 2.75) is 6.42 Å². The quantitative estimate of drug-likeness (QED) is 0.728. The maximum Gasteiger partial charge on any atom is 0.221 e. The lowest BCUT2D eigenvalue weighted by molar-refractivity contribution is -0.120. The van der Waals surface area contributed by atoms with E-state index in [0.29, 0.717) is 19.5 Å². The topological polar surface area (TPSA) is 62.5 Å². The monoisotopic (exact) mass is 281 g/mol. The molecule has 6 nitrogen and oxygen atoms in total. The Morgan fingerprint density at radius 3 is 3.05 bits per heavy atom. The number of benzene rings is 1. The molecule has 6 heteroatoms. The Bertz CT molecular complexity index is 825. The van der Waals surface area contributed by atoms with Gasteiger partial charge in [-0.3, -0.25) is 9.20 Å². The van der Waals surface area contributed by atoms with Crippen LogP contribution in [0.3, 0.4) is 0 Å². The van der Waals surface area contributed by atoms with Gasteiger partial charge in [0.25, 0.3) is 0 Å². The number of fused-ring (bicyclic) bond motifs is 3. The van der Waals surface area contributed by atoms with Gasteiger partial charge >= 0.3 is 0 Å². The molecular formula is C15H15N5O. The SMILES string of the molecule is O=C1CCN(c2nc3ccccc3n3ccnc23)CCN1. The number of aromatic nitrogens is 3. The van der Waals surface area contributed by atoms with Crippen molar-refractivity contribution in [1.82, 2.24) is 19.7 Å². The van der Waals surface area contributed by atoms with Crippen molar-refractivity contribution in [2.24, 2.45) is 0 Å². The number of anilines is 1. The van der Waals surface area contributed by atoms with Gasteiger partial charge in [0, 0.05) is 38.4 Å². The number of rotatable bonds is 1. The molecule has 21 heavy (non-hydrogen) atoms. The lowest BCUT2D eigenvalue weighted by Crippen LogP contribution is -2.29. The molecule has 3 heterocycles. The van der Waals surface area contributed by atoms with Crippen LogP contribution in [0.2, 0.25) is 0 Å². The zero-order valence-corrected chi connectivity index (χ0v) is 11.5. The minimum absolute atomic E-state index is 0.0950. The first-order chi connectivity index (χ1) is 10.3. The van der Waals surface area contributed by atoms with Crippen molar-refractivity contribution in [3.63, 3.8) is 0 Å². The molecular weight excluding hydrogens is 266 g/mol. The Hall–Kier alpha value is -2.63. The molecule has 0 atom stereocenters. The zero-order valence-electron chi connectivity index (χ0n) is 11.5. The first-order valence-corrected chi connectivity index (χ1v) is 7.06. The summed E-state index contributed by atoms with van der Waals surface area (Å²) in [5.74, 6) is 0.938. The molecule has 1 fully saturated rings. The van der Waals surface area contributed by atoms with E-state index in [1.54, 1.807) is 6.20 Å². The molecule has 0 bridgehead atoms. The van der Waals surface area contributed by atoms with E-state index in [1.165, 1.54) is 0 Å². The molecule has 1 aliphatic heterocycles. The molecule has 1 N–H and O–H groups in total. The van der Waals surface area contributed by atoms with E-state index in [2.05, 4.69) is 19.6 Å². The number of nitrogens with zero attached hydrogens (tertiary/aromatic N) is 4. The van der Waals surface area contributed by atoms with Crippen molar-refractivity contribution in [2.75, 3.05) is 24.5 Å². The third-order valence-corrected chi connectivity index (χ3v) is 3.82. The number of carbonyl (C=O) groups excluding carboxylic acids is 1.